The molecule has 0 radical (unpaired) electrons. The predicted molar refractivity (Wildman–Crippen MR) is 97.4 cm³/mol. The lowest BCUT2D eigenvalue weighted by molar-refractivity contribution is -0.138. The minimum atomic E-state index is -0.692. The average Bonchev–Trinajstić information content (AvgIpc) is 3.04. The highest BCUT2D eigenvalue weighted by molar-refractivity contribution is 6.30. The summed E-state index contributed by atoms with van der Waals surface area (Å²) in [7, 11) is 0. The van der Waals surface area contributed by atoms with Gasteiger partial charge in [0.25, 0.3) is 0 Å². The Kier molecular flexibility index (Phi) is 5.85. The highest BCUT2D eigenvalue weighted by atomic mass is 35.5. The molecule has 0 bridgehead atoms. The zero-order valence-electron chi connectivity index (χ0n) is 14.1. The number of likely N-dealkylation sites (tertiary alicyclic amines) is 1. The Morgan fingerprint density at radius 3 is 2.54 bits per heavy atom. The third-order valence-corrected chi connectivity index (χ3v) is 4.64. The molecule has 1 aliphatic rings. The van der Waals surface area contributed by atoms with E-state index >= 15 is 0 Å². The van der Waals surface area contributed by atoms with E-state index in [9.17, 15) is 14.7 Å². The maximum Gasteiger partial charge on any atom is 0.243 e. The van der Waals surface area contributed by atoms with Crippen molar-refractivity contribution in [2.75, 3.05) is 6.54 Å². The third kappa shape index (κ3) is 4.59. The van der Waals surface area contributed by atoms with E-state index in [0.29, 0.717) is 11.6 Å². The largest absolute Gasteiger partial charge is 0.391 e. The van der Waals surface area contributed by atoms with E-state index in [0.717, 1.165) is 11.1 Å². The van der Waals surface area contributed by atoms with Crippen LogP contribution in [0.4, 0.5) is 0 Å². The molecular weight excluding hydrogens is 354 g/mol. The molecule has 2 aromatic rings. The summed E-state index contributed by atoms with van der Waals surface area (Å²) in [6.45, 7) is 0.512. The van der Waals surface area contributed by atoms with Crippen LogP contribution in [0.2, 0.25) is 5.02 Å². The molecular formula is C19H20ClN3O3. The molecule has 1 saturated heterocycles. The Bertz CT molecular complexity index is 767. The van der Waals surface area contributed by atoms with Crippen LogP contribution >= 0.6 is 11.6 Å². The fourth-order valence-corrected chi connectivity index (χ4v) is 3.15. The van der Waals surface area contributed by atoms with Gasteiger partial charge in [-0.2, -0.15) is 0 Å². The molecule has 1 aromatic heterocycles. The van der Waals surface area contributed by atoms with Crippen LogP contribution in [0.3, 0.4) is 0 Å². The van der Waals surface area contributed by atoms with Crippen molar-refractivity contribution in [3.63, 3.8) is 0 Å². The second-order valence-corrected chi connectivity index (χ2v) is 6.76. The first-order valence-corrected chi connectivity index (χ1v) is 8.79. The first-order chi connectivity index (χ1) is 12.5. The van der Waals surface area contributed by atoms with Gasteiger partial charge in [0.05, 0.1) is 12.5 Å². The minimum Gasteiger partial charge on any atom is -0.391 e. The van der Waals surface area contributed by atoms with E-state index in [-0.39, 0.29) is 31.2 Å². The van der Waals surface area contributed by atoms with Gasteiger partial charge in [0.1, 0.15) is 6.04 Å². The summed E-state index contributed by atoms with van der Waals surface area (Å²) in [4.78, 5) is 30.5. The number of β-amino-alcohol motifs (C(OH)–C–C–N with tert-alkyl or cyclic N) is 1. The minimum absolute atomic E-state index is 0.170. The first kappa shape index (κ1) is 18.4. The van der Waals surface area contributed by atoms with Gasteiger partial charge in [-0.15, -0.1) is 0 Å². The number of aliphatic hydroxyl groups is 1. The van der Waals surface area contributed by atoms with E-state index in [1.807, 2.05) is 12.1 Å². The van der Waals surface area contributed by atoms with Crippen LogP contribution in [0.1, 0.15) is 17.5 Å². The highest BCUT2D eigenvalue weighted by Crippen LogP contribution is 2.20. The van der Waals surface area contributed by atoms with E-state index in [1.54, 1.807) is 36.7 Å². The van der Waals surface area contributed by atoms with E-state index in [2.05, 4.69) is 10.3 Å². The van der Waals surface area contributed by atoms with Crippen molar-refractivity contribution >= 4 is 23.4 Å². The number of carbonyl (C=O) groups is 2. The van der Waals surface area contributed by atoms with E-state index < -0.39 is 12.1 Å². The molecule has 1 aromatic carbocycles. The molecule has 0 saturated carbocycles. The maximum absolute atomic E-state index is 12.6. The summed E-state index contributed by atoms with van der Waals surface area (Å²) in [5, 5.41) is 13.4. The van der Waals surface area contributed by atoms with Gasteiger partial charge in [0.15, 0.2) is 0 Å². The van der Waals surface area contributed by atoms with Gasteiger partial charge in [-0.3, -0.25) is 14.6 Å². The lowest BCUT2D eigenvalue weighted by atomic mass is 10.1. The summed E-state index contributed by atoms with van der Waals surface area (Å²) in [6, 6.07) is 10.0. The standard InChI is InChI=1S/C19H20ClN3O3/c20-15-3-1-14(2-4-15)11-22-19(26)17-10-16(24)12-23(17)18(25)9-13-5-7-21-8-6-13/h1-8,16-17,24H,9-12H2,(H,22,26)/t16-,17+/m1/s1. The monoisotopic (exact) mass is 373 g/mol. The van der Waals surface area contributed by atoms with Gasteiger partial charge < -0.3 is 15.3 Å². The maximum atomic E-state index is 12.6. The summed E-state index contributed by atoms with van der Waals surface area (Å²) in [5.41, 5.74) is 1.74. The van der Waals surface area contributed by atoms with E-state index in [4.69, 9.17) is 11.6 Å². The molecule has 2 N–H and O–H groups in total. The number of halogens is 1. The predicted octanol–water partition coefficient (Wildman–Crippen LogP) is 1.56. The number of amides is 2. The Labute approximate surface area is 156 Å². The van der Waals surface area contributed by atoms with Crippen LogP contribution in [0.25, 0.3) is 0 Å². The van der Waals surface area contributed by atoms with Gasteiger partial charge in [0.2, 0.25) is 11.8 Å². The molecule has 136 valence electrons. The molecule has 0 unspecified atom stereocenters. The zero-order valence-corrected chi connectivity index (χ0v) is 14.9. The molecule has 2 amide bonds. The average molecular weight is 374 g/mol. The Morgan fingerprint density at radius 2 is 1.85 bits per heavy atom. The first-order valence-electron chi connectivity index (χ1n) is 8.41. The highest BCUT2D eigenvalue weighted by Gasteiger charge is 2.38. The Balaban J connectivity index is 1.61. The molecule has 0 aliphatic carbocycles. The molecule has 1 aliphatic heterocycles. The van der Waals surface area contributed by atoms with Crippen molar-refractivity contribution in [2.45, 2.75) is 31.5 Å². The number of aromatic nitrogens is 1. The number of hydrogen-bond donors (Lipinski definition) is 2. The van der Waals surface area contributed by atoms with Crippen molar-refractivity contribution < 1.29 is 14.7 Å². The zero-order chi connectivity index (χ0) is 18.5. The number of rotatable bonds is 5. The molecule has 2 heterocycles. The number of aliphatic hydroxyl groups excluding tert-OH is 1. The van der Waals surface area contributed by atoms with Crippen LogP contribution in [-0.4, -0.2) is 45.5 Å². The number of nitrogens with zero attached hydrogens (tertiary/aromatic N) is 2. The quantitative estimate of drug-likeness (QED) is 0.833. The van der Waals surface area contributed by atoms with Crippen LogP contribution in [0, 0.1) is 0 Å². The normalized spacial score (nSPS) is 19.4. The number of pyridine rings is 1. The second-order valence-electron chi connectivity index (χ2n) is 6.33. The Morgan fingerprint density at radius 1 is 1.15 bits per heavy atom. The number of carbonyl (C=O) groups excluding carboxylic acids is 2. The summed E-state index contributed by atoms with van der Waals surface area (Å²) in [5.74, 6) is -0.445. The van der Waals surface area contributed by atoms with Crippen LogP contribution in [-0.2, 0) is 22.6 Å². The number of benzene rings is 1. The molecule has 1 fully saturated rings. The van der Waals surface area contributed by atoms with Gasteiger partial charge in [-0.25, -0.2) is 0 Å². The summed E-state index contributed by atoms with van der Waals surface area (Å²) < 4.78 is 0. The summed E-state index contributed by atoms with van der Waals surface area (Å²) >= 11 is 5.85. The molecule has 26 heavy (non-hydrogen) atoms. The smallest absolute Gasteiger partial charge is 0.243 e. The lowest BCUT2D eigenvalue weighted by Crippen LogP contribution is -2.46. The van der Waals surface area contributed by atoms with Crippen molar-refractivity contribution in [1.29, 1.82) is 0 Å². The SMILES string of the molecule is O=C(NCc1ccc(Cl)cc1)[C@@H]1C[C@@H](O)CN1C(=O)Cc1ccncc1. The van der Waals surface area contributed by atoms with Gasteiger partial charge >= 0.3 is 0 Å². The fourth-order valence-electron chi connectivity index (χ4n) is 3.02. The van der Waals surface area contributed by atoms with E-state index in [1.165, 1.54) is 4.90 Å². The fraction of sp³-hybridized carbons (Fsp3) is 0.316. The number of hydrogen-bond acceptors (Lipinski definition) is 4. The Hall–Kier alpha value is -2.44. The van der Waals surface area contributed by atoms with Crippen molar-refractivity contribution in [3.05, 3.63) is 64.9 Å². The topological polar surface area (TPSA) is 82.5 Å². The van der Waals surface area contributed by atoms with Gasteiger partial charge in [-0.05, 0) is 35.4 Å². The van der Waals surface area contributed by atoms with Crippen molar-refractivity contribution in [2.24, 2.45) is 0 Å². The van der Waals surface area contributed by atoms with Crippen LogP contribution in [0.15, 0.2) is 48.8 Å². The molecule has 7 heteroatoms. The van der Waals surface area contributed by atoms with Crippen LogP contribution in [0.5, 0.6) is 0 Å². The molecule has 2 atom stereocenters. The molecule has 0 spiro atoms. The lowest BCUT2D eigenvalue weighted by Gasteiger charge is -2.23. The summed E-state index contributed by atoms with van der Waals surface area (Å²) in [6.07, 6.45) is 2.97. The second kappa shape index (κ2) is 8.29. The van der Waals surface area contributed by atoms with Crippen molar-refractivity contribution in [3.8, 4) is 0 Å². The van der Waals surface area contributed by atoms with Crippen molar-refractivity contribution in [1.82, 2.24) is 15.2 Å². The van der Waals surface area contributed by atoms with Gasteiger partial charge in [-0.1, -0.05) is 23.7 Å². The molecule has 3 rings (SSSR count). The van der Waals surface area contributed by atoms with Gasteiger partial charge in [0, 0.05) is 36.9 Å². The molecule has 6 nitrogen and oxygen atoms in total. The third-order valence-electron chi connectivity index (χ3n) is 4.39. The number of nitrogens with one attached hydrogen (secondary N) is 1. The van der Waals surface area contributed by atoms with Crippen LogP contribution < -0.4 is 5.32 Å².